The Morgan fingerprint density at radius 2 is 1.80 bits per heavy atom. The SMILES string of the molecule is O=C(Cn1nc2n(c1=O)CCCCC2)NCc1ccc(CN2CCC(O)CC2)cc1. The van der Waals surface area contributed by atoms with Crippen LogP contribution in [0.1, 0.15) is 49.1 Å². The first kappa shape index (κ1) is 20.8. The third-order valence-electron chi connectivity index (χ3n) is 6.05. The standard InChI is InChI=1S/C22H31N5O3/c28-19-9-12-25(13-10-19)15-18-7-5-17(6-8-18)14-23-21(29)16-27-22(30)26-11-3-1-2-4-20(26)24-27/h5-8,19,28H,1-4,9-16H2,(H,23,29). The number of hydrogen-bond acceptors (Lipinski definition) is 5. The minimum Gasteiger partial charge on any atom is -0.393 e. The van der Waals surface area contributed by atoms with Gasteiger partial charge < -0.3 is 10.4 Å². The van der Waals surface area contributed by atoms with E-state index in [4.69, 9.17) is 0 Å². The van der Waals surface area contributed by atoms with E-state index in [2.05, 4.69) is 27.4 Å². The molecular weight excluding hydrogens is 382 g/mol. The lowest BCUT2D eigenvalue weighted by molar-refractivity contribution is -0.122. The van der Waals surface area contributed by atoms with Crippen LogP contribution in [0.2, 0.25) is 0 Å². The molecule has 1 fully saturated rings. The highest BCUT2D eigenvalue weighted by Gasteiger charge is 2.18. The molecule has 2 aliphatic heterocycles. The summed E-state index contributed by atoms with van der Waals surface area (Å²) >= 11 is 0. The van der Waals surface area contributed by atoms with Gasteiger partial charge in [0.1, 0.15) is 12.4 Å². The molecule has 2 N–H and O–H groups in total. The van der Waals surface area contributed by atoms with Crippen LogP contribution in [-0.2, 0) is 37.4 Å². The van der Waals surface area contributed by atoms with Crippen molar-refractivity contribution >= 4 is 5.91 Å². The topological polar surface area (TPSA) is 92.4 Å². The Morgan fingerprint density at radius 1 is 1.07 bits per heavy atom. The molecule has 1 amide bonds. The molecule has 0 spiro atoms. The Kier molecular flexibility index (Phi) is 6.64. The van der Waals surface area contributed by atoms with Crippen LogP contribution in [0, 0.1) is 0 Å². The second kappa shape index (κ2) is 9.57. The Balaban J connectivity index is 1.26. The number of fused-ring (bicyclic) bond motifs is 1. The van der Waals surface area contributed by atoms with Crippen molar-refractivity contribution in [1.82, 2.24) is 24.6 Å². The van der Waals surface area contributed by atoms with Gasteiger partial charge in [0.15, 0.2) is 0 Å². The lowest BCUT2D eigenvalue weighted by Gasteiger charge is -2.29. The molecule has 2 aromatic rings. The van der Waals surface area contributed by atoms with Gasteiger partial charge in [-0.3, -0.25) is 14.3 Å². The number of aliphatic hydroxyl groups is 1. The Bertz CT molecular complexity index is 910. The van der Waals surface area contributed by atoms with Gasteiger partial charge in [0.25, 0.3) is 0 Å². The number of aryl methyl sites for hydroxylation is 1. The number of nitrogens with one attached hydrogen (secondary N) is 1. The molecule has 0 atom stereocenters. The lowest BCUT2D eigenvalue weighted by atomic mass is 10.1. The summed E-state index contributed by atoms with van der Waals surface area (Å²) in [7, 11) is 0. The van der Waals surface area contributed by atoms with Crippen LogP contribution in [0.3, 0.4) is 0 Å². The van der Waals surface area contributed by atoms with Gasteiger partial charge in [-0.15, -0.1) is 0 Å². The van der Waals surface area contributed by atoms with E-state index in [0.717, 1.165) is 69.5 Å². The second-order valence-electron chi connectivity index (χ2n) is 8.42. The molecule has 0 aliphatic carbocycles. The summed E-state index contributed by atoms with van der Waals surface area (Å²) in [5.41, 5.74) is 2.07. The van der Waals surface area contributed by atoms with Crippen LogP contribution in [0.25, 0.3) is 0 Å². The predicted molar refractivity (Wildman–Crippen MR) is 113 cm³/mol. The van der Waals surface area contributed by atoms with Crippen LogP contribution < -0.4 is 11.0 Å². The van der Waals surface area contributed by atoms with Gasteiger partial charge in [-0.2, -0.15) is 5.10 Å². The third kappa shape index (κ3) is 5.17. The quantitative estimate of drug-likeness (QED) is 0.738. The molecule has 8 heteroatoms. The van der Waals surface area contributed by atoms with E-state index in [0.29, 0.717) is 13.1 Å². The Hall–Kier alpha value is -2.45. The molecule has 3 heterocycles. The summed E-state index contributed by atoms with van der Waals surface area (Å²) in [6.07, 6.45) is 5.47. The molecule has 0 radical (unpaired) electrons. The minimum absolute atomic E-state index is 0.0439. The highest BCUT2D eigenvalue weighted by molar-refractivity contribution is 5.75. The Labute approximate surface area is 176 Å². The van der Waals surface area contributed by atoms with Crippen LogP contribution in [0.4, 0.5) is 0 Å². The Morgan fingerprint density at radius 3 is 2.57 bits per heavy atom. The molecule has 1 aromatic carbocycles. The number of benzene rings is 1. The van der Waals surface area contributed by atoms with Gasteiger partial charge in [-0.1, -0.05) is 30.7 Å². The number of aromatic nitrogens is 3. The molecule has 8 nitrogen and oxygen atoms in total. The van der Waals surface area contributed by atoms with E-state index in [1.165, 1.54) is 10.2 Å². The molecule has 0 unspecified atom stereocenters. The summed E-state index contributed by atoms with van der Waals surface area (Å²) in [5.74, 6) is 0.588. The molecule has 1 aromatic heterocycles. The van der Waals surface area contributed by atoms with Crippen molar-refractivity contribution < 1.29 is 9.90 Å². The zero-order valence-corrected chi connectivity index (χ0v) is 17.4. The first-order chi connectivity index (χ1) is 14.6. The summed E-state index contributed by atoms with van der Waals surface area (Å²) in [6, 6.07) is 8.23. The maximum absolute atomic E-state index is 12.5. The van der Waals surface area contributed by atoms with E-state index in [9.17, 15) is 14.7 Å². The number of carbonyl (C=O) groups is 1. The smallest absolute Gasteiger partial charge is 0.346 e. The molecule has 4 rings (SSSR count). The molecule has 30 heavy (non-hydrogen) atoms. The number of carbonyl (C=O) groups excluding carboxylic acids is 1. The van der Waals surface area contributed by atoms with Crippen LogP contribution in [0.5, 0.6) is 0 Å². The summed E-state index contributed by atoms with van der Waals surface area (Å²) < 4.78 is 3.00. The largest absolute Gasteiger partial charge is 0.393 e. The number of rotatable bonds is 6. The highest BCUT2D eigenvalue weighted by atomic mass is 16.3. The molecular formula is C22H31N5O3. The number of amides is 1. The summed E-state index contributed by atoms with van der Waals surface area (Å²) in [6.45, 7) is 3.81. The molecule has 1 saturated heterocycles. The number of aliphatic hydroxyl groups excluding tert-OH is 1. The first-order valence-electron chi connectivity index (χ1n) is 11.0. The van der Waals surface area contributed by atoms with Crippen LogP contribution in [0.15, 0.2) is 29.1 Å². The maximum atomic E-state index is 12.5. The normalized spacial score (nSPS) is 18.0. The van der Waals surface area contributed by atoms with Gasteiger partial charge >= 0.3 is 5.69 Å². The number of nitrogens with zero attached hydrogens (tertiary/aromatic N) is 4. The van der Waals surface area contributed by atoms with Gasteiger partial charge in [-0.05, 0) is 36.8 Å². The zero-order valence-electron chi connectivity index (χ0n) is 17.4. The van der Waals surface area contributed by atoms with Crippen molar-refractivity contribution in [3.05, 3.63) is 51.7 Å². The fourth-order valence-corrected chi connectivity index (χ4v) is 4.22. The maximum Gasteiger partial charge on any atom is 0.346 e. The average molecular weight is 414 g/mol. The van der Waals surface area contributed by atoms with Crippen LogP contribution in [-0.4, -0.2) is 49.5 Å². The van der Waals surface area contributed by atoms with Crippen molar-refractivity contribution in [1.29, 1.82) is 0 Å². The third-order valence-corrected chi connectivity index (χ3v) is 6.05. The van der Waals surface area contributed by atoms with E-state index in [1.54, 1.807) is 4.57 Å². The lowest BCUT2D eigenvalue weighted by Crippen LogP contribution is -2.35. The van der Waals surface area contributed by atoms with E-state index < -0.39 is 0 Å². The molecule has 0 saturated carbocycles. The van der Waals surface area contributed by atoms with Crippen molar-refractivity contribution in [3.63, 3.8) is 0 Å². The predicted octanol–water partition coefficient (Wildman–Crippen LogP) is 1.04. The minimum atomic E-state index is -0.207. The van der Waals surface area contributed by atoms with E-state index in [1.807, 2.05) is 12.1 Å². The molecule has 2 aliphatic rings. The monoisotopic (exact) mass is 413 g/mol. The zero-order chi connectivity index (χ0) is 20.9. The van der Waals surface area contributed by atoms with Gasteiger partial charge in [0.05, 0.1) is 6.10 Å². The van der Waals surface area contributed by atoms with Gasteiger partial charge in [0, 0.05) is 39.1 Å². The van der Waals surface area contributed by atoms with E-state index in [-0.39, 0.29) is 24.2 Å². The van der Waals surface area contributed by atoms with Crippen molar-refractivity contribution in [2.75, 3.05) is 13.1 Å². The fraction of sp³-hybridized carbons (Fsp3) is 0.591. The van der Waals surface area contributed by atoms with Gasteiger partial charge in [-0.25, -0.2) is 9.48 Å². The summed E-state index contributed by atoms with van der Waals surface area (Å²) in [4.78, 5) is 27.1. The highest BCUT2D eigenvalue weighted by Crippen LogP contribution is 2.14. The van der Waals surface area contributed by atoms with Crippen molar-refractivity contribution in [2.45, 2.75) is 70.8 Å². The first-order valence-corrected chi connectivity index (χ1v) is 11.0. The number of hydrogen-bond donors (Lipinski definition) is 2. The van der Waals surface area contributed by atoms with Crippen molar-refractivity contribution in [2.24, 2.45) is 0 Å². The van der Waals surface area contributed by atoms with Crippen molar-refractivity contribution in [3.8, 4) is 0 Å². The fourth-order valence-electron chi connectivity index (χ4n) is 4.22. The van der Waals surface area contributed by atoms with Crippen LogP contribution >= 0.6 is 0 Å². The molecule has 0 bridgehead atoms. The second-order valence-corrected chi connectivity index (χ2v) is 8.42. The molecule has 162 valence electrons. The van der Waals surface area contributed by atoms with E-state index >= 15 is 0 Å². The average Bonchev–Trinajstić information content (AvgIpc) is 2.91. The summed E-state index contributed by atoms with van der Waals surface area (Å²) in [5, 5.41) is 16.9. The van der Waals surface area contributed by atoms with Gasteiger partial charge in [0.2, 0.25) is 5.91 Å². The number of piperidine rings is 1. The number of likely N-dealkylation sites (tertiary alicyclic amines) is 1.